The molecule has 0 unspecified atom stereocenters. The highest BCUT2D eigenvalue weighted by Crippen LogP contribution is 2.22. The van der Waals surface area contributed by atoms with Crippen LogP contribution in [0.15, 0.2) is 90.2 Å². The van der Waals surface area contributed by atoms with E-state index >= 15 is 0 Å². The van der Waals surface area contributed by atoms with Gasteiger partial charge in [0.25, 0.3) is 5.91 Å². The van der Waals surface area contributed by atoms with E-state index < -0.39 is 9.84 Å². The number of sulfone groups is 1. The first-order valence-corrected chi connectivity index (χ1v) is 13.7. The summed E-state index contributed by atoms with van der Waals surface area (Å²) in [5, 5.41) is 0.0176. The van der Waals surface area contributed by atoms with Crippen molar-refractivity contribution in [2.24, 2.45) is 0 Å². The van der Waals surface area contributed by atoms with Gasteiger partial charge in [-0.3, -0.25) is 4.79 Å². The Hall–Kier alpha value is -3.71. The zero-order valence-corrected chi connectivity index (χ0v) is 21.7. The Morgan fingerprint density at radius 2 is 1.53 bits per heavy atom. The van der Waals surface area contributed by atoms with Gasteiger partial charge in [0, 0.05) is 12.1 Å². The first kappa shape index (κ1) is 25.4. The zero-order chi connectivity index (χ0) is 25.7. The van der Waals surface area contributed by atoms with Crippen molar-refractivity contribution in [1.82, 2.24) is 14.5 Å². The van der Waals surface area contributed by atoms with Gasteiger partial charge < -0.3 is 9.47 Å². The highest BCUT2D eigenvalue weighted by atomic mass is 32.2. The highest BCUT2D eigenvalue weighted by molar-refractivity contribution is 7.90. The van der Waals surface area contributed by atoms with E-state index in [1.807, 2.05) is 99.6 Å². The number of amides is 1. The average molecular weight is 502 g/mol. The van der Waals surface area contributed by atoms with Crippen LogP contribution >= 0.6 is 0 Å². The smallest absolute Gasteiger partial charge is 0.254 e. The SMILES string of the molecule is CCN(Cc1cnc(S(=O)(=O)Cc2ccccc2C)n1Cc1ccccc1)C(=O)c1ccccc1C. The number of hydrogen-bond acceptors (Lipinski definition) is 4. The Labute approximate surface area is 213 Å². The third kappa shape index (κ3) is 5.57. The zero-order valence-electron chi connectivity index (χ0n) is 20.9. The molecule has 0 atom stereocenters. The fraction of sp³-hybridized carbons (Fsp3) is 0.241. The molecule has 7 heteroatoms. The van der Waals surface area contributed by atoms with Gasteiger partial charge in [0.15, 0.2) is 0 Å². The maximum absolute atomic E-state index is 13.6. The summed E-state index contributed by atoms with van der Waals surface area (Å²) in [7, 11) is -3.74. The number of carbonyl (C=O) groups excluding carboxylic acids is 1. The molecule has 0 fully saturated rings. The van der Waals surface area contributed by atoms with Crippen LogP contribution in [0.5, 0.6) is 0 Å². The maximum atomic E-state index is 13.6. The summed E-state index contributed by atoms with van der Waals surface area (Å²) in [6.07, 6.45) is 1.58. The molecule has 0 aliphatic carbocycles. The molecule has 4 rings (SSSR count). The summed E-state index contributed by atoms with van der Waals surface area (Å²) in [4.78, 5) is 19.4. The molecule has 0 aliphatic rings. The Morgan fingerprint density at radius 1 is 0.889 bits per heavy atom. The maximum Gasteiger partial charge on any atom is 0.254 e. The van der Waals surface area contributed by atoms with Crippen LogP contribution in [-0.2, 0) is 28.7 Å². The summed E-state index contributed by atoms with van der Waals surface area (Å²) in [5.74, 6) is -0.225. The summed E-state index contributed by atoms with van der Waals surface area (Å²) in [5.41, 5.74) is 4.84. The molecule has 6 nitrogen and oxygen atoms in total. The largest absolute Gasteiger partial charge is 0.333 e. The molecule has 186 valence electrons. The molecule has 4 aromatic rings. The first-order chi connectivity index (χ1) is 17.3. The van der Waals surface area contributed by atoms with Gasteiger partial charge in [-0.2, -0.15) is 0 Å². The van der Waals surface area contributed by atoms with Gasteiger partial charge in [0.05, 0.1) is 30.7 Å². The lowest BCUT2D eigenvalue weighted by Gasteiger charge is -2.23. The second kappa shape index (κ2) is 10.9. The van der Waals surface area contributed by atoms with Gasteiger partial charge in [-0.25, -0.2) is 13.4 Å². The second-order valence-corrected chi connectivity index (χ2v) is 10.8. The minimum Gasteiger partial charge on any atom is -0.333 e. The molecule has 0 aliphatic heterocycles. The number of aryl methyl sites for hydroxylation is 2. The average Bonchev–Trinajstić information content (AvgIpc) is 3.27. The standard InChI is InChI=1S/C29H31N3O3S/c1-4-31(28(33)27-17-11-9-13-23(27)3)20-26-18-30-29(32(26)19-24-14-6-5-7-15-24)36(34,35)21-25-16-10-8-12-22(25)2/h5-18H,4,19-21H2,1-3H3. The van der Waals surface area contributed by atoms with Gasteiger partial charge in [-0.05, 0) is 49.1 Å². The predicted octanol–water partition coefficient (Wildman–Crippen LogP) is 5.18. The quantitative estimate of drug-likeness (QED) is 0.317. The van der Waals surface area contributed by atoms with E-state index in [1.165, 1.54) is 0 Å². The molecule has 0 saturated heterocycles. The van der Waals surface area contributed by atoms with Crippen LogP contribution in [0.3, 0.4) is 0 Å². The van der Waals surface area contributed by atoms with Crippen LogP contribution in [0, 0.1) is 13.8 Å². The van der Waals surface area contributed by atoms with Crippen molar-refractivity contribution in [1.29, 1.82) is 0 Å². The number of hydrogen-bond donors (Lipinski definition) is 0. The van der Waals surface area contributed by atoms with Crippen molar-refractivity contribution in [2.45, 2.75) is 44.8 Å². The molecular weight excluding hydrogens is 470 g/mol. The van der Waals surface area contributed by atoms with E-state index in [9.17, 15) is 13.2 Å². The molecule has 0 spiro atoms. The number of nitrogens with zero attached hydrogens (tertiary/aromatic N) is 3. The molecule has 1 heterocycles. The summed E-state index contributed by atoms with van der Waals surface area (Å²) in [6, 6.07) is 24.6. The van der Waals surface area contributed by atoms with Crippen LogP contribution in [-0.4, -0.2) is 35.3 Å². The van der Waals surface area contributed by atoms with E-state index in [4.69, 9.17) is 0 Å². The monoisotopic (exact) mass is 501 g/mol. The van der Waals surface area contributed by atoms with E-state index in [-0.39, 0.29) is 23.4 Å². The summed E-state index contributed by atoms with van der Waals surface area (Å²) in [6.45, 7) is 6.82. The Bertz CT molecular complexity index is 1460. The van der Waals surface area contributed by atoms with E-state index in [0.29, 0.717) is 24.3 Å². The van der Waals surface area contributed by atoms with Crippen LogP contribution in [0.4, 0.5) is 0 Å². The highest BCUT2D eigenvalue weighted by Gasteiger charge is 2.26. The van der Waals surface area contributed by atoms with Crippen molar-refractivity contribution >= 4 is 15.7 Å². The van der Waals surface area contributed by atoms with Gasteiger partial charge in [0.2, 0.25) is 15.0 Å². The molecule has 0 bridgehead atoms. The number of imidazole rings is 1. The van der Waals surface area contributed by atoms with E-state index in [2.05, 4.69) is 4.98 Å². The number of rotatable bonds is 9. The van der Waals surface area contributed by atoms with Crippen LogP contribution in [0.25, 0.3) is 0 Å². The van der Waals surface area contributed by atoms with Crippen molar-refractivity contribution in [3.63, 3.8) is 0 Å². The molecule has 1 aromatic heterocycles. The first-order valence-electron chi connectivity index (χ1n) is 12.0. The molecule has 36 heavy (non-hydrogen) atoms. The molecule has 0 N–H and O–H groups in total. The van der Waals surface area contributed by atoms with Gasteiger partial charge in [0.1, 0.15) is 0 Å². The fourth-order valence-corrected chi connectivity index (χ4v) is 5.84. The predicted molar refractivity (Wildman–Crippen MR) is 141 cm³/mol. The summed E-state index contributed by atoms with van der Waals surface area (Å²) < 4.78 is 28.9. The summed E-state index contributed by atoms with van der Waals surface area (Å²) >= 11 is 0. The van der Waals surface area contributed by atoms with Crippen molar-refractivity contribution in [3.05, 3.63) is 119 Å². The molecule has 0 saturated carbocycles. The lowest BCUT2D eigenvalue weighted by atomic mass is 10.1. The van der Waals surface area contributed by atoms with Crippen molar-refractivity contribution in [2.75, 3.05) is 6.54 Å². The molecular formula is C29H31N3O3S. The number of carbonyl (C=O) groups is 1. The molecule has 1 amide bonds. The fourth-order valence-electron chi connectivity index (χ4n) is 4.25. The molecule has 3 aromatic carbocycles. The second-order valence-electron chi connectivity index (χ2n) is 8.92. The normalized spacial score (nSPS) is 11.4. The van der Waals surface area contributed by atoms with Crippen LogP contribution in [0.1, 0.15) is 45.2 Å². The number of benzene rings is 3. The van der Waals surface area contributed by atoms with Gasteiger partial charge >= 0.3 is 0 Å². The van der Waals surface area contributed by atoms with E-state index in [1.54, 1.807) is 15.7 Å². The lowest BCUT2D eigenvalue weighted by molar-refractivity contribution is 0.0748. The lowest BCUT2D eigenvalue weighted by Crippen LogP contribution is -2.32. The van der Waals surface area contributed by atoms with Crippen molar-refractivity contribution in [3.8, 4) is 0 Å². The third-order valence-corrected chi connectivity index (χ3v) is 7.94. The van der Waals surface area contributed by atoms with Gasteiger partial charge in [-0.15, -0.1) is 0 Å². The number of aromatic nitrogens is 2. The molecule has 0 radical (unpaired) electrons. The van der Waals surface area contributed by atoms with Gasteiger partial charge in [-0.1, -0.05) is 72.8 Å². The van der Waals surface area contributed by atoms with Crippen molar-refractivity contribution < 1.29 is 13.2 Å². The van der Waals surface area contributed by atoms with Crippen LogP contribution in [0.2, 0.25) is 0 Å². The van der Waals surface area contributed by atoms with E-state index in [0.717, 1.165) is 22.3 Å². The Kier molecular flexibility index (Phi) is 7.70. The Morgan fingerprint density at radius 3 is 2.19 bits per heavy atom. The Balaban J connectivity index is 1.72. The topological polar surface area (TPSA) is 72.3 Å². The minimum atomic E-state index is -3.74. The van der Waals surface area contributed by atoms with Crippen LogP contribution < -0.4 is 0 Å². The third-order valence-electron chi connectivity index (χ3n) is 6.37. The minimum absolute atomic E-state index is 0.0176.